The lowest BCUT2D eigenvalue weighted by Gasteiger charge is -2.26. The molecule has 4 amide bonds. The Balaban J connectivity index is 5.43. The fourth-order valence-corrected chi connectivity index (χ4v) is 2.93. The zero-order valence-electron chi connectivity index (χ0n) is 17.9. The van der Waals surface area contributed by atoms with Crippen LogP contribution in [0.3, 0.4) is 0 Å². The van der Waals surface area contributed by atoms with Gasteiger partial charge in [0, 0.05) is 6.42 Å². The average Bonchev–Trinajstić information content (AvgIpc) is 2.70. The molecule has 13 heteroatoms. The molecule has 0 aromatic carbocycles. The Hall–Kier alpha value is -2.38. The normalized spacial score (nSPS) is 14.8. The molecule has 0 saturated carbocycles. The minimum atomic E-state index is -1.25. The number of carboxylic acids is 1. The maximum atomic E-state index is 12.7. The molecule has 0 radical (unpaired) electrons. The van der Waals surface area contributed by atoms with Crippen LogP contribution in [-0.2, 0) is 24.0 Å². The van der Waals surface area contributed by atoms with Crippen molar-refractivity contribution in [1.82, 2.24) is 16.0 Å². The van der Waals surface area contributed by atoms with E-state index in [2.05, 4.69) is 16.0 Å². The number of carboxylic acid groups (broad SMARTS) is 1. The van der Waals surface area contributed by atoms with E-state index in [0.29, 0.717) is 5.75 Å². The van der Waals surface area contributed by atoms with Gasteiger partial charge in [-0.15, -0.1) is 0 Å². The predicted molar refractivity (Wildman–Crippen MR) is 115 cm³/mol. The number of rotatable bonds is 15. The van der Waals surface area contributed by atoms with Crippen molar-refractivity contribution in [3.8, 4) is 0 Å². The number of hydrogen-bond donors (Lipinski definition) is 7. The number of nitrogens with one attached hydrogen (secondary N) is 3. The van der Waals surface area contributed by atoms with Crippen LogP contribution in [0.4, 0.5) is 0 Å². The molecule has 0 aliphatic rings. The van der Waals surface area contributed by atoms with E-state index in [0.717, 1.165) is 0 Å². The fourth-order valence-electron chi connectivity index (χ4n) is 2.46. The Morgan fingerprint density at radius 3 is 1.97 bits per heavy atom. The molecule has 4 unspecified atom stereocenters. The number of aliphatic carboxylic acids is 1. The molecule has 0 bridgehead atoms. The van der Waals surface area contributed by atoms with Gasteiger partial charge in [-0.1, -0.05) is 13.8 Å². The minimum absolute atomic E-state index is 0.156. The second-order valence-corrected chi connectivity index (χ2v) is 8.25. The Kier molecular flexibility index (Phi) is 13.5. The van der Waals surface area contributed by atoms with E-state index in [-0.39, 0.29) is 19.3 Å². The molecular weight excluding hydrogens is 430 g/mol. The second kappa shape index (κ2) is 14.6. The van der Waals surface area contributed by atoms with Crippen LogP contribution in [0.1, 0.15) is 33.1 Å². The molecule has 4 atom stereocenters. The summed E-state index contributed by atoms with van der Waals surface area (Å²) in [5.74, 6) is -4.11. The van der Waals surface area contributed by atoms with Crippen molar-refractivity contribution in [2.24, 2.45) is 17.4 Å². The number of aliphatic hydroxyl groups excluding tert-OH is 1. The van der Waals surface area contributed by atoms with E-state index in [4.69, 9.17) is 16.6 Å². The monoisotopic (exact) mass is 463 g/mol. The highest BCUT2D eigenvalue weighted by Crippen LogP contribution is 2.07. The van der Waals surface area contributed by atoms with Gasteiger partial charge >= 0.3 is 5.97 Å². The standard InChI is InChI=1S/C18H33N5O7S/c1-9(2)14(23-15(26)10(19)8-24)17(28)21-11(4-5-13(20)25)16(27)22-12(18(29)30)6-7-31-3/h9-12,14,24H,4-8,19H2,1-3H3,(H2,20,25)(H,21,28)(H,22,27)(H,23,26)(H,29,30). The number of aliphatic hydroxyl groups is 1. The van der Waals surface area contributed by atoms with Gasteiger partial charge in [-0.25, -0.2) is 4.79 Å². The van der Waals surface area contributed by atoms with Gasteiger partial charge in [0.2, 0.25) is 23.6 Å². The van der Waals surface area contributed by atoms with Crippen molar-refractivity contribution in [2.75, 3.05) is 18.6 Å². The average molecular weight is 464 g/mol. The predicted octanol–water partition coefficient (Wildman–Crippen LogP) is -2.48. The maximum Gasteiger partial charge on any atom is 0.326 e. The summed E-state index contributed by atoms with van der Waals surface area (Å²) in [4.78, 5) is 59.9. The molecule has 178 valence electrons. The zero-order chi connectivity index (χ0) is 24.1. The van der Waals surface area contributed by atoms with Crippen LogP contribution in [0, 0.1) is 5.92 Å². The molecule has 0 aliphatic carbocycles. The largest absolute Gasteiger partial charge is 0.480 e. The van der Waals surface area contributed by atoms with Crippen LogP contribution in [0.2, 0.25) is 0 Å². The Labute approximate surface area is 185 Å². The summed E-state index contributed by atoms with van der Waals surface area (Å²) in [6, 6.07) is -4.73. The van der Waals surface area contributed by atoms with Crippen molar-refractivity contribution in [3.05, 3.63) is 0 Å². The summed E-state index contributed by atoms with van der Waals surface area (Å²) in [5, 5.41) is 25.5. The summed E-state index contributed by atoms with van der Waals surface area (Å²) in [6.07, 6.45) is 1.58. The topological polar surface area (TPSA) is 214 Å². The van der Waals surface area contributed by atoms with Crippen molar-refractivity contribution in [3.63, 3.8) is 0 Å². The number of hydrogen-bond acceptors (Lipinski definition) is 8. The molecule has 0 heterocycles. The molecule has 0 spiro atoms. The maximum absolute atomic E-state index is 12.7. The number of primary amides is 1. The molecule has 0 fully saturated rings. The van der Waals surface area contributed by atoms with E-state index in [1.165, 1.54) is 11.8 Å². The Morgan fingerprint density at radius 1 is 0.935 bits per heavy atom. The van der Waals surface area contributed by atoms with Crippen LogP contribution in [0.15, 0.2) is 0 Å². The smallest absolute Gasteiger partial charge is 0.326 e. The quantitative estimate of drug-likeness (QED) is 0.137. The van der Waals surface area contributed by atoms with Crippen LogP contribution in [0.5, 0.6) is 0 Å². The molecule has 0 rings (SSSR count). The van der Waals surface area contributed by atoms with E-state index in [9.17, 15) is 29.1 Å². The summed E-state index contributed by atoms with van der Waals surface area (Å²) in [7, 11) is 0. The number of nitrogens with two attached hydrogens (primary N) is 2. The van der Waals surface area contributed by atoms with Crippen LogP contribution in [-0.4, -0.2) is 82.6 Å². The first-order valence-electron chi connectivity index (χ1n) is 9.72. The van der Waals surface area contributed by atoms with Crippen LogP contribution < -0.4 is 27.4 Å². The van der Waals surface area contributed by atoms with Crippen molar-refractivity contribution < 1.29 is 34.2 Å². The number of thioether (sulfide) groups is 1. The first kappa shape index (κ1) is 28.6. The first-order chi connectivity index (χ1) is 14.4. The van der Waals surface area contributed by atoms with Gasteiger partial charge < -0.3 is 37.6 Å². The third kappa shape index (κ3) is 11.0. The van der Waals surface area contributed by atoms with E-state index >= 15 is 0 Å². The number of amides is 4. The summed E-state index contributed by atoms with van der Waals surface area (Å²) < 4.78 is 0. The molecule has 12 nitrogen and oxygen atoms in total. The minimum Gasteiger partial charge on any atom is -0.480 e. The highest BCUT2D eigenvalue weighted by molar-refractivity contribution is 7.98. The lowest BCUT2D eigenvalue weighted by Crippen LogP contribution is -2.58. The molecule has 0 saturated heterocycles. The molecular formula is C18H33N5O7S. The molecule has 0 aromatic rings. The summed E-state index contributed by atoms with van der Waals surface area (Å²) in [5.41, 5.74) is 10.6. The highest BCUT2D eigenvalue weighted by atomic mass is 32.2. The van der Waals surface area contributed by atoms with E-state index < -0.39 is 66.3 Å². The van der Waals surface area contributed by atoms with Gasteiger partial charge in [-0.2, -0.15) is 11.8 Å². The third-order valence-corrected chi connectivity index (χ3v) is 4.96. The highest BCUT2D eigenvalue weighted by Gasteiger charge is 2.31. The Morgan fingerprint density at radius 2 is 1.52 bits per heavy atom. The molecule has 0 aromatic heterocycles. The van der Waals surface area contributed by atoms with Crippen LogP contribution >= 0.6 is 11.8 Å². The van der Waals surface area contributed by atoms with E-state index in [1.807, 2.05) is 0 Å². The van der Waals surface area contributed by atoms with Gasteiger partial charge in [0.25, 0.3) is 0 Å². The summed E-state index contributed by atoms with van der Waals surface area (Å²) >= 11 is 1.41. The number of carbonyl (C=O) groups is 5. The van der Waals surface area contributed by atoms with Gasteiger partial charge in [0.1, 0.15) is 24.2 Å². The fraction of sp³-hybridized carbons (Fsp3) is 0.722. The Bertz CT molecular complexity index is 647. The van der Waals surface area contributed by atoms with E-state index in [1.54, 1.807) is 20.1 Å². The number of carbonyl (C=O) groups excluding carboxylic acids is 4. The van der Waals surface area contributed by atoms with Gasteiger partial charge in [-0.05, 0) is 30.8 Å². The second-order valence-electron chi connectivity index (χ2n) is 7.27. The lowest BCUT2D eigenvalue weighted by molar-refractivity contribution is -0.142. The van der Waals surface area contributed by atoms with Gasteiger partial charge in [0.05, 0.1) is 6.61 Å². The molecule has 9 N–H and O–H groups in total. The van der Waals surface area contributed by atoms with Gasteiger partial charge in [0.15, 0.2) is 0 Å². The van der Waals surface area contributed by atoms with Crippen molar-refractivity contribution >= 4 is 41.4 Å². The molecule has 31 heavy (non-hydrogen) atoms. The lowest BCUT2D eigenvalue weighted by atomic mass is 10.0. The first-order valence-corrected chi connectivity index (χ1v) is 11.1. The van der Waals surface area contributed by atoms with Crippen molar-refractivity contribution in [2.45, 2.75) is 57.3 Å². The zero-order valence-corrected chi connectivity index (χ0v) is 18.7. The van der Waals surface area contributed by atoms with Crippen molar-refractivity contribution in [1.29, 1.82) is 0 Å². The summed E-state index contributed by atoms with van der Waals surface area (Å²) in [6.45, 7) is 2.68. The van der Waals surface area contributed by atoms with Crippen LogP contribution in [0.25, 0.3) is 0 Å². The SMILES string of the molecule is CSCCC(NC(=O)C(CCC(N)=O)NC(=O)C(NC(=O)C(N)CO)C(C)C)C(=O)O. The van der Waals surface area contributed by atoms with Gasteiger partial charge in [-0.3, -0.25) is 19.2 Å². The third-order valence-electron chi connectivity index (χ3n) is 4.32. The molecule has 0 aliphatic heterocycles.